The Hall–Kier alpha value is -1.46. The average Bonchev–Trinajstić information content (AvgIpc) is 2.54. The van der Waals surface area contributed by atoms with Gasteiger partial charge in [-0.2, -0.15) is 0 Å². The van der Waals surface area contributed by atoms with E-state index in [9.17, 15) is 9.18 Å². The van der Waals surface area contributed by atoms with E-state index in [1.54, 1.807) is 24.3 Å². The molecule has 1 saturated heterocycles. The summed E-state index contributed by atoms with van der Waals surface area (Å²) < 4.78 is 29.1. The van der Waals surface area contributed by atoms with Gasteiger partial charge in [0.15, 0.2) is 6.29 Å². The van der Waals surface area contributed by atoms with Crippen LogP contribution in [0.2, 0.25) is 0 Å². The first-order valence-electron chi connectivity index (χ1n) is 7.63. The van der Waals surface area contributed by atoms with Crippen LogP contribution in [0.4, 0.5) is 4.39 Å². The molecule has 0 saturated carbocycles. The van der Waals surface area contributed by atoms with Crippen molar-refractivity contribution in [3.05, 3.63) is 35.9 Å². The number of esters is 1. The SMILES string of the molecule is C[C@H]1[C@@H](OC(=O)c2ccccc2)[C@H](C)C(OCC[18F])O[C@H]1C. The van der Waals surface area contributed by atoms with E-state index in [1.807, 2.05) is 26.8 Å². The summed E-state index contributed by atoms with van der Waals surface area (Å²) in [6, 6.07) is 8.88. The Labute approximate surface area is 130 Å². The van der Waals surface area contributed by atoms with Crippen LogP contribution in [0.15, 0.2) is 30.3 Å². The highest BCUT2D eigenvalue weighted by molar-refractivity contribution is 5.89. The summed E-state index contributed by atoms with van der Waals surface area (Å²) in [5.41, 5.74) is 0.516. The third-order valence-electron chi connectivity index (χ3n) is 4.17. The minimum absolute atomic E-state index is 0.0184. The normalized spacial score (nSPS) is 31.7. The highest BCUT2D eigenvalue weighted by atomic mass is 18.2. The van der Waals surface area contributed by atoms with Gasteiger partial charge in [0.25, 0.3) is 0 Å². The molecule has 122 valence electrons. The molecular formula is C17H23FO4. The molecular weight excluding hydrogens is 286 g/mol. The molecule has 1 aromatic carbocycles. The molecule has 1 fully saturated rings. The number of halogens is 1. The zero-order valence-electron chi connectivity index (χ0n) is 13.2. The Morgan fingerprint density at radius 1 is 1.18 bits per heavy atom. The molecule has 0 N–H and O–H groups in total. The lowest BCUT2D eigenvalue weighted by Gasteiger charge is -2.42. The lowest BCUT2D eigenvalue weighted by Crippen LogP contribution is -2.50. The van der Waals surface area contributed by atoms with Crippen molar-refractivity contribution in [2.24, 2.45) is 11.8 Å². The van der Waals surface area contributed by atoms with Crippen LogP contribution in [0.25, 0.3) is 0 Å². The Balaban J connectivity index is 2.07. The molecule has 1 aliphatic heterocycles. The van der Waals surface area contributed by atoms with Crippen molar-refractivity contribution in [3.8, 4) is 0 Å². The molecule has 0 spiro atoms. The van der Waals surface area contributed by atoms with Crippen molar-refractivity contribution in [2.75, 3.05) is 13.3 Å². The number of carbonyl (C=O) groups excluding carboxylic acids is 1. The number of benzene rings is 1. The highest BCUT2D eigenvalue weighted by Gasteiger charge is 2.42. The monoisotopic (exact) mass is 309 g/mol. The van der Waals surface area contributed by atoms with E-state index >= 15 is 0 Å². The molecule has 0 bridgehead atoms. The summed E-state index contributed by atoms with van der Waals surface area (Å²) in [4.78, 5) is 12.3. The summed E-state index contributed by atoms with van der Waals surface area (Å²) in [5, 5.41) is 0. The zero-order valence-corrected chi connectivity index (χ0v) is 13.2. The van der Waals surface area contributed by atoms with Crippen LogP contribution in [0.1, 0.15) is 31.1 Å². The second-order valence-electron chi connectivity index (χ2n) is 5.72. The second-order valence-corrected chi connectivity index (χ2v) is 5.72. The second kappa shape index (κ2) is 7.70. The molecule has 1 heterocycles. The van der Waals surface area contributed by atoms with Gasteiger partial charge in [-0.3, -0.25) is 0 Å². The zero-order chi connectivity index (χ0) is 16.1. The van der Waals surface area contributed by atoms with E-state index in [0.29, 0.717) is 5.56 Å². The van der Waals surface area contributed by atoms with Gasteiger partial charge in [-0.05, 0) is 19.1 Å². The minimum Gasteiger partial charge on any atom is -0.458 e. The Bertz CT molecular complexity index is 479. The van der Waals surface area contributed by atoms with Crippen LogP contribution in [-0.4, -0.2) is 37.7 Å². The number of carbonyl (C=O) groups is 1. The van der Waals surface area contributed by atoms with E-state index in [-0.39, 0.29) is 36.6 Å². The molecule has 0 aliphatic carbocycles. The topological polar surface area (TPSA) is 44.8 Å². The average molecular weight is 309 g/mol. The Morgan fingerprint density at radius 3 is 2.50 bits per heavy atom. The predicted octanol–water partition coefficient (Wildman–Crippen LogP) is 3.22. The fourth-order valence-corrected chi connectivity index (χ4v) is 2.69. The lowest BCUT2D eigenvalue weighted by atomic mass is 9.86. The fraction of sp³-hybridized carbons (Fsp3) is 0.588. The van der Waals surface area contributed by atoms with E-state index < -0.39 is 13.0 Å². The van der Waals surface area contributed by atoms with Gasteiger partial charge < -0.3 is 14.2 Å². The first-order valence-corrected chi connectivity index (χ1v) is 7.63. The molecule has 5 atom stereocenters. The van der Waals surface area contributed by atoms with Gasteiger partial charge in [-0.1, -0.05) is 32.0 Å². The van der Waals surface area contributed by atoms with Crippen LogP contribution in [-0.2, 0) is 14.2 Å². The molecule has 1 unspecified atom stereocenters. The van der Waals surface area contributed by atoms with Crippen molar-refractivity contribution >= 4 is 5.97 Å². The lowest BCUT2D eigenvalue weighted by molar-refractivity contribution is -0.257. The Morgan fingerprint density at radius 2 is 1.86 bits per heavy atom. The molecule has 1 aromatic rings. The van der Waals surface area contributed by atoms with Crippen LogP contribution < -0.4 is 0 Å². The van der Waals surface area contributed by atoms with Gasteiger partial charge in [-0.25, -0.2) is 9.18 Å². The van der Waals surface area contributed by atoms with E-state index in [1.165, 1.54) is 0 Å². The molecule has 2 rings (SSSR count). The number of alkyl halides is 1. The number of ether oxygens (including phenoxy) is 3. The van der Waals surface area contributed by atoms with Gasteiger partial charge in [0.05, 0.1) is 18.3 Å². The quantitative estimate of drug-likeness (QED) is 0.784. The van der Waals surface area contributed by atoms with Crippen molar-refractivity contribution in [2.45, 2.75) is 39.3 Å². The standard InChI is InChI=1S/C17H23FO4/c1-11-13(3)21-17(20-10-9-18)12(2)15(11)22-16(19)14-7-5-4-6-8-14/h4-8,11-13,15,17H,9-10H2,1-3H3/t11-,12+,13+,15-,17?/m1/s1/i18-1. The minimum atomic E-state index is -0.564. The van der Waals surface area contributed by atoms with Crippen molar-refractivity contribution in [1.29, 1.82) is 0 Å². The predicted molar refractivity (Wildman–Crippen MR) is 80.2 cm³/mol. The van der Waals surface area contributed by atoms with E-state index in [4.69, 9.17) is 14.2 Å². The third kappa shape index (κ3) is 3.84. The molecule has 22 heavy (non-hydrogen) atoms. The first-order chi connectivity index (χ1) is 10.5. The van der Waals surface area contributed by atoms with E-state index in [2.05, 4.69) is 0 Å². The molecule has 1 aliphatic rings. The largest absolute Gasteiger partial charge is 0.458 e. The maximum absolute atomic E-state index is 12.3. The Kier molecular flexibility index (Phi) is 5.91. The maximum atomic E-state index is 12.3. The third-order valence-corrected chi connectivity index (χ3v) is 4.17. The molecule has 5 heteroatoms. The van der Waals surface area contributed by atoms with Crippen molar-refractivity contribution < 1.29 is 23.4 Å². The van der Waals surface area contributed by atoms with Gasteiger partial charge in [0.2, 0.25) is 0 Å². The summed E-state index contributed by atoms with van der Waals surface area (Å²) in [7, 11) is 0. The number of hydrogen-bond donors (Lipinski definition) is 0. The van der Waals surface area contributed by atoms with Crippen LogP contribution in [0, 0.1) is 11.8 Å². The molecule has 0 radical (unpaired) electrons. The van der Waals surface area contributed by atoms with Crippen molar-refractivity contribution in [1.82, 2.24) is 0 Å². The molecule has 0 amide bonds. The summed E-state index contributed by atoms with van der Waals surface area (Å²) in [6.07, 6.45) is -1.02. The smallest absolute Gasteiger partial charge is 0.338 e. The molecule has 0 aromatic heterocycles. The number of rotatable bonds is 5. The fourth-order valence-electron chi connectivity index (χ4n) is 2.69. The van der Waals surface area contributed by atoms with Gasteiger partial charge in [0, 0.05) is 11.8 Å². The van der Waals surface area contributed by atoms with Gasteiger partial charge in [-0.15, -0.1) is 0 Å². The van der Waals surface area contributed by atoms with Crippen LogP contribution in [0.5, 0.6) is 0 Å². The summed E-state index contributed by atoms with van der Waals surface area (Å²) >= 11 is 0. The summed E-state index contributed by atoms with van der Waals surface area (Å²) in [5.74, 6) is -0.485. The van der Waals surface area contributed by atoms with Crippen LogP contribution >= 0.6 is 0 Å². The highest BCUT2D eigenvalue weighted by Crippen LogP contribution is 2.33. The van der Waals surface area contributed by atoms with E-state index in [0.717, 1.165) is 0 Å². The maximum Gasteiger partial charge on any atom is 0.338 e. The van der Waals surface area contributed by atoms with Gasteiger partial charge in [0.1, 0.15) is 12.8 Å². The number of hydrogen-bond acceptors (Lipinski definition) is 4. The molecule has 4 nitrogen and oxygen atoms in total. The first kappa shape index (κ1) is 16.9. The summed E-state index contributed by atoms with van der Waals surface area (Å²) in [6.45, 7) is 5.20. The van der Waals surface area contributed by atoms with Crippen LogP contribution in [0.3, 0.4) is 0 Å². The van der Waals surface area contributed by atoms with Crippen molar-refractivity contribution in [3.63, 3.8) is 0 Å². The van der Waals surface area contributed by atoms with Gasteiger partial charge >= 0.3 is 5.97 Å².